The van der Waals surface area contributed by atoms with E-state index in [2.05, 4.69) is 12.2 Å². The molecule has 1 atom stereocenters. The van der Waals surface area contributed by atoms with Crippen molar-refractivity contribution in [2.24, 2.45) is 17.1 Å². The number of carbonyl (C=O) groups excluding carboxylic acids is 1. The molecule has 0 aromatic rings. The first-order valence-corrected chi connectivity index (χ1v) is 6.21. The fourth-order valence-corrected chi connectivity index (χ4v) is 2.42. The van der Waals surface area contributed by atoms with Gasteiger partial charge in [0.15, 0.2) is 0 Å². The Morgan fingerprint density at radius 2 is 2.20 bits per heavy atom. The van der Waals surface area contributed by atoms with E-state index in [1.165, 1.54) is 25.7 Å². The number of carbonyl (C=O) groups is 1. The number of amides is 1. The van der Waals surface area contributed by atoms with Crippen molar-refractivity contribution in [3.05, 3.63) is 0 Å². The van der Waals surface area contributed by atoms with Crippen LogP contribution in [-0.2, 0) is 4.79 Å². The van der Waals surface area contributed by atoms with Crippen LogP contribution in [0.15, 0.2) is 0 Å². The van der Waals surface area contributed by atoms with Crippen LogP contribution in [-0.4, -0.2) is 18.5 Å². The van der Waals surface area contributed by atoms with E-state index in [9.17, 15) is 4.79 Å². The lowest BCUT2D eigenvalue weighted by atomic mass is 10.0. The Hall–Kier alpha value is -0.570. The zero-order chi connectivity index (χ0) is 10.9. The third-order valence-corrected chi connectivity index (χ3v) is 3.89. The zero-order valence-electron chi connectivity index (χ0n) is 9.59. The molecule has 0 spiro atoms. The fourth-order valence-electron chi connectivity index (χ4n) is 2.42. The molecular formula is C12H22N2O. The predicted octanol–water partition coefficient (Wildman–Crippen LogP) is 1.42. The van der Waals surface area contributed by atoms with Crippen molar-refractivity contribution in [2.75, 3.05) is 6.54 Å². The Morgan fingerprint density at radius 1 is 1.53 bits per heavy atom. The van der Waals surface area contributed by atoms with Gasteiger partial charge in [-0.15, -0.1) is 0 Å². The highest BCUT2D eigenvalue weighted by atomic mass is 16.2. The summed E-state index contributed by atoms with van der Waals surface area (Å²) in [4.78, 5) is 11.6. The summed E-state index contributed by atoms with van der Waals surface area (Å²) in [6.45, 7) is 2.92. The van der Waals surface area contributed by atoms with E-state index in [0.29, 0.717) is 5.41 Å². The van der Waals surface area contributed by atoms with Crippen LogP contribution in [0.3, 0.4) is 0 Å². The van der Waals surface area contributed by atoms with Gasteiger partial charge in [-0.2, -0.15) is 0 Å². The van der Waals surface area contributed by atoms with Gasteiger partial charge in [-0.1, -0.05) is 13.3 Å². The minimum Gasteiger partial charge on any atom is -0.354 e. The third-order valence-electron chi connectivity index (χ3n) is 3.89. The average molecular weight is 210 g/mol. The summed E-state index contributed by atoms with van der Waals surface area (Å²) in [7, 11) is 0. The lowest BCUT2D eigenvalue weighted by Gasteiger charge is -2.17. The average Bonchev–Trinajstić information content (AvgIpc) is 3.04. The van der Waals surface area contributed by atoms with Gasteiger partial charge in [-0.05, 0) is 43.4 Å². The quantitative estimate of drug-likeness (QED) is 0.696. The highest BCUT2D eigenvalue weighted by Gasteiger charge is 2.53. The Labute approximate surface area is 91.8 Å². The largest absolute Gasteiger partial charge is 0.354 e. The maximum absolute atomic E-state index is 11.6. The Balaban J connectivity index is 1.71. The minimum absolute atomic E-state index is 0.0452. The molecule has 0 aliphatic heterocycles. The maximum Gasteiger partial charge on any atom is 0.236 e. The summed E-state index contributed by atoms with van der Waals surface area (Å²) in [5, 5.41) is 3.03. The Morgan fingerprint density at radius 3 is 2.67 bits per heavy atom. The molecule has 0 aromatic carbocycles. The van der Waals surface area contributed by atoms with Gasteiger partial charge in [-0.3, -0.25) is 4.79 Å². The molecule has 2 saturated carbocycles. The molecule has 0 aromatic heterocycles. The minimum atomic E-state index is -0.301. The van der Waals surface area contributed by atoms with Gasteiger partial charge < -0.3 is 11.1 Å². The second-order valence-corrected chi connectivity index (χ2v) is 5.25. The summed E-state index contributed by atoms with van der Waals surface area (Å²) >= 11 is 0. The maximum atomic E-state index is 11.6. The molecular weight excluding hydrogens is 188 g/mol. The number of hydrogen-bond acceptors (Lipinski definition) is 2. The summed E-state index contributed by atoms with van der Waals surface area (Å²) in [6.07, 6.45) is 7.13. The van der Waals surface area contributed by atoms with Crippen molar-refractivity contribution in [3.63, 3.8) is 0 Å². The monoisotopic (exact) mass is 210 g/mol. The molecule has 2 aliphatic rings. The van der Waals surface area contributed by atoms with Gasteiger partial charge in [0.2, 0.25) is 5.91 Å². The summed E-state index contributed by atoms with van der Waals surface area (Å²) in [5.41, 5.74) is 6.24. The molecule has 2 aliphatic carbocycles. The smallest absolute Gasteiger partial charge is 0.236 e. The standard InChI is InChI=1S/C12H22N2O/c1-2-3-10(13)11(15)14-8-12(6-7-12)9-4-5-9/h9-10H,2-8,13H2,1H3,(H,14,15)/t10-/m0/s1. The van der Waals surface area contributed by atoms with Crippen molar-refractivity contribution in [2.45, 2.75) is 51.5 Å². The van der Waals surface area contributed by atoms with Crippen molar-refractivity contribution in [3.8, 4) is 0 Å². The zero-order valence-corrected chi connectivity index (χ0v) is 9.59. The summed E-state index contributed by atoms with van der Waals surface area (Å²) in [6, 6.07) is -0.301. The summed E-state index contributed by atoms with van der Waals surface area (Å²) < 4.78 is 0. The van der Waals surface area contributed by atoms with Crippen LogP contribution >= 0.6 is 0 Å². The van der Waals surface area contributed by atoms with E-state index < -0.39 is 0 Å². The predicted molar refractivity (Wildman–Crippen MR) is 60.3 cm³/mol. The molecule has 0 saturated heterocycles. The van der Waals surface area contributed by atoms with Crippen LogP contribution < -0.4 is 11.1 Å². The normalized spacial score (nSPS) is 24.7. The van der Waals surface area contributed by atoms with Gasteiger partial charge in [0.05, 0.1) is 6.04 Å². The van der Waals surface area contributed by atoms with Crippen LogP contribution in [0.5, 0.6) is 0 Å². The van der Waals surface area contributed by atoms with Gasteiger partial charge in [-0.25, -0.2) is 0 Å². The number of hydrogen-bond donors (Lipinski definition) is 2. The molecule has 0 radical (unpaired) electrons. The van der Waals surface area contributed by atoms with E-state index in [1.807, 2.05) is 0 Å². The molecule has 2 rings (SSSR count). The van der Waals surface area contributed by atoms with Gasteiger partial charge in [0, 0.05) is 6.54 Å². The molecule has 0 heterocycles. The van der Waals surface area contributed by atoms with Crippen LogP contribution in [0.25, 0.3) is 0 Å². The summed E-state index contributed by atoms with van der Waals surface area (Å²) in [5.74, 6) is 0.948. The second-order valence-electron chi connectivity index (χ2n) is 5.25. The number of rotatable bonds is 6. The molecule has 3 nitrogen and oxygen atoms in total. The van der Waals surface area contributed by atoms with Crippen molar-refractivity contribution < 1.29 is 4.79 Å². The van der Waals surface area contributed by atoms with Crippen LogP contribution in [0.1, 0.15) is 45.4 Å². The highest BCUT2D eigenvalue weighted by Crippen LogP contribution is 2.60. The molecule has 86 valence electrons. The number of nitrogens with one attached hydrogen (secondary N) is 1. The van der Waals surface area contributed by atoms with Crippen LogP contribution in [0.2, 0.25) is 0 Å². The molecule has 1 amide bonds. The van der Waals surface area contributed by atoms with Crippen LogP contribution in [0, 0.1) is 11.3 Å². The lowest BCUT2D eigenvalue weighted by Crippen LogP contribution is -2.43. The number of nitrogens with two attached hydrogens (primary N) is 1. The molecule has 3 heteroatoms. The van der Waals surface area contributed by atoms with E-state index in [-0.39, 0.29) is 11.9 Å². The first-order chi connectivity index (χ1) is 7.18. The van der Waals surface area contributed by atoms with E-state index in [4.69, 9.17) is 5.73 Å². The van der Waals surface area contributed by atoms with Gasteiger partial charge in [0.25, 0.3) is 0 Å². The molecule has 15 heavy (non-hydrogen) atoms. The lowest BCUT2D eigenvalue weighted by molar-refractivity contribution is -0.122. The van der Waals surface area contributed by atoms with Gasteiger partial charge >= 0.3 is 0 Å². The first-order valence-electron chi connectivity index (χ1n) is 6.21. The Bertz CT molecular complexity index is 244. The van der Waals surface area contributed by atoms with E-state index in [1.54, 1.807) is 0 Å². The first kappa shape index (κ1) is 10.9. The van der Waals surface area contributed by atoms with Crippen LogP contribution in [0.4, 0.5) is 0 Å². The topological polar surface area (TPSA) is 55.1 Å². The second kappa shape index (κ2) is 4.12. The molecule has 3 N–H and O–H groups in total. The van der Waals surface area contributed by atoms with E-state index >= 15 is 0 Å². The molecule has 0 bridgehead atoms. The fraction of sp³-hybridized carbons (Fsp3) is 0.917. The third kappa shape index (κ3) is 2.51. The van der Waals surface area contributed by atoms with Crippen molar-refractivity contribution in [1.29, 1.82) is 0 Å². The molecule has 2 fully saturated rings. The van der Waals surface area contributed by atoms with E-state index in [0.717, 1.165) is 25.3 Å². The molecule has 0 unspecified atom stereocenters. The SMILES string of the molecule is CCC[C@H](N)C(=O)NCC1(C2CC2)CC1. The van der Waals surface area contributed by atoms with Crippen molar-refractivity contribution >= 4 is 5.91 Å². The highest BCUT2D eigenvalue weighted by molar-refractivity contribution is 5.81. The Kier molecular flexibility index (Phi) is 3.01. The van der Waals surface area contributed by atoms with Crippen molar-refractivity contribution in [1.82, 2.24) is 5.32 Å². The van der Waals surface area contributed by atoms with Gasteiger partial charge in [0.1, 0.15) is 0 Å².